The van der Waals surface area contributed by atoms with Crippen LogP contribution in [0.5, 0.6) is 0 Å². The van der Waals surface area contributed by atoms with Gasteiger partial charge in [0.25, 0.3) is 0 Å². The molecule has 0 heterocycles. The molecule has 0 amide bonds. The van der Waals surface area contributed by atoms with Crippen LogP contribution in [0, 0.1) is 0 Å². The molecule has 0 saturated heterocycles. The van der Waals surface area contributed by atoms with Crippen LogP contribution >= 0.6 is 10.8 Å². The molecule has 60 valence electrons. The third-order valence-electron chi connectivity index (χ3n) is 0.754. The molecule has 0 unspecified atom stereocenters. The number of hydrogen-bond donors (Lipinski definition) is 0. The minimum atomic E-state index is -2.96. The SMILES string of the molecule is CC=CS(=O)(=O)SCCC. The largest absolute Gasteiger partial charge is 0.222 e. The van der Waals surface area contributed by atoms with Crippen molar-refractivity contribution in [2.24, 2.45) is 0 Å². The molecule has 4 heteroatoms. The van der Waals surface area contributed by atoms with Crippen molar-refractivity contribution in [2.45, 2.75) is 20.3 Å². The molecular weight excluding hydrogens is 168 g/mol. The molecule has 0 aliphatic rings. The van der Waals surface area contributed by atoms with Crippen LogP contribution in [0.15, 0.2) is 11.5 Å². The van der Waals surface area contributed by atoms with Gasteiger partial charge in [-0.1, -0.05) is 13.0 Å². The molecule has 0 spiro atoms. The van der Waals surface area contributed by atoms with Crippen LogP contribution in [0.2, 0.25) is 0 Å². The van der Waals surface area contributed by atoms with Gasteiger partial charge in [0.05, 0.1) is 0 Å². The summed E-state index contributed by atoms with van der Waals surface area (Å²) >= 11 is 0. The molecular formula is C6H12O2S2. The van der Waals surface area contributed by atoms with Gasteiger partial charge in [-0.2, -0.15) is 0 Å². The molecule has 2 nitrogen and oxygen atoms in total. The Labute approximate surface area is 66.0 Å². The molecule has 0 radical (unpaired) electrons. The van der Waals surface area contributed by atoms with E-state index in [-0.39, 0.29) is 0 Å². The van der Waals surface area contributed by atoms with Crippen LogP contribution in [-0.2, 0) is 8.87 Å². The second kappa shape index (κ2) is 4.79. The summed E-state index contributed by atoms with van der Waals surface area (Å²) in [7, 11) is -1.97. The molecule has 0 aromatic heterocycles. The van der Waals surface area contributed by atoms with E-state index in [9.17, 15) is 8.42 Å². The number of hydrogen-bond acceptors (Lipinski definition) is 3. The zero-order valence-electron chi connectivity index (χ0n) is 6.20. The maximum atomic E-state index is 10.9. The van der Waals surface area contributed by atoms with E-state index >= 15 is 0 Å². The molecule has 0 aromatic rings. The van der Waals surface area contributed by atoms with Crippen LogP contribution in [-0.4, -0.2) is 14.2 Å². The van der Waals surface area contributed by atoms with Crippen molar-refractivity contribution in [2.75, 3.05) is 5.75 Å². The average molecular weight is 180 g/mol. The summed E-state index contributed by atoms with van der Waals surface area (Å²) in [6, 6.07) is 0. The van der Waals surface area contributed by atoms with Gasteiger partial charge in [-0.15, -0.1) is 0 Å². The Hall–Kier alpha value is 0.0400. The summed E-state index contributed by atoms with van der Waals surface area (Å²) in [5, 5.41) is 1.23. The molecule has 0 bridgehead atoms. The van der Waals surface area contributed by atoms with Gasteiger partial charge in [0.1, 0.15) is 0 Å². The van der Waals surface area contributed by atoms with E-state index in [0.717, 1.165) is 17.2 Å². The highest BCUT2D eigenvalue weighted by atomic mass is 33.1. The Morgan fingerprint density at radius 2 is 2.10 bits per heavy atom. The lowest BCUT2D eigenvalue weighted by atomic mass is 10.6. The summed E-state index contributed by atoms with van der Waals surface area (Å²) in [6.07, 6.45) is 2.43. The van der Waals surface area contributed by atoms with Crippen molar-refractivity contribution in [1.82, 2.24) is 0 Å². The second-order valence-electron chi connectivity index (χ2n) is 1.78. The van der Waals surface area contributed by atoms with Crippen molar-refractivity contribution in [3.8, 4) is 0 Å². The first-order valence-electron chi connectivity index (χ1n) is 3.14. The van der Waals surface area contributed by atoms with Crippen LogP contribution in [0.1, 0.15) is 20.3 Å². The summed E-state index contributed by atoms with van der Waals surface area (Å²) in [5.74, 6) is 0.673. The van der Waals surface area contributed by atoms with Crippen LogP contribution in [0.3, 0.4) is 0 Å². The van der Waals surface area contributed by atoms with Crippen molar-refractivity contribution in [3.05, 3.63) is 11.5 Å². The molecule has 0 rings (SSSR count). The zero-order valence-corrected chi connectivity index (χ0v) is 7.83. The van der Waals surface area contributed by atoms with E-state index in [1.165, 1.54) is 11.5 Å². The quantitative estimate of drug-likeness (QED) is 0.620. The first kappa shape index (κ1) is 10.0. The van der Waals surface area contributed by atoms with E-state index in [1.807, 2.05) is 6.92 Å². The van der Waals surface area contributed by atoms with E-state index in [0.29, 0.717) is 5.75 Å². The van der Waals surface area contributed by atoms with Crippen molar-refractivity contribution < 1.29 is 8.42 Å². The highest BCUT2D eigenvalue weighted by molar-refractivity contribution is 8.73. The molecule has 0 aliphatic heterocycles. The lowest BCUT2D eigenvalue weighted by Crippen LogP contribution is -1.88. The van der Waals surface area contributed by atoms with E-state index in [2.05, 4.69) is 0 Å². The highest BCUT2D eigenvalue weighted by Crippen LogP contribution is 2.14. The standard InChI is InChI=1S/C6H12O2S2/c1-3-5-9-10(7,8)6-4-2/h4,6H,3,5H2,1-2H3. The lowest BCUT2D eigenvalue weighted by molar-refractivity contribution is 0.618. The highest BCUT2D eigenvalue weighted by Gasteiger charge is 2.03. The summed E-state index contributed by atoms with van der Waals surface area (Å²) in [5.41, 5.74) is 0. The predicted molar refractivity (Wildman–Crippen MR) is 46.5 cm³/mol. The van der Waals surface area contributed by atoms with Gasteiger partial charge in [-0.05, 0) is 24.1 Å². The maximum absolute atomic E-state index is 10.9. The summed E-state index contributed by atoms with van der Waals surface area (Å²) in [4.78, 5) is 0. The number of allylic oxidation sites excluding steroid dienone is 1. The molecule has 0 aromatic carbocycles. The first-order chi connectivity index (χ1) is 4.62. The van der Waals surface area contributed by atoms with Crippen LogP contribution < -0.4 is 0 Å². The predicted octanol–water partition coefficient (Wildman–Crippen LogP) is 1.99. The van der Waals surface area contributed by atoms with Gasteiger partial charge in [-0.25, -0.2) is 8.42 Å². The third-order valence-corrected chi connectivity index (χ3v) is 4.08. The van der Waals surface area contributed by atoms with E-state index in [4.69, 9.17) is 0 Å². The molecule has 0 aliphatic carbocycles. The Balaban J connectivity index is 3.89. The monoisotopic (exact) mass is 180 g/mol. The van der Waals surface area contributed by atoms with Gasteiger partial charge >= 0.3 is 0 Å². The van der Waals surface area contributed by atoms with Crippen molar-refractivity contribution in [3.63, 3.8) is 0 Å². The zero-order chi connectivity index (χ0) is 8.04. The first-order valence-corrected chi connectivity index (χ1v) is 6.19. The topological polar surface area (TPSA) is 34.1 Å². The molecule has 10 heavy (non-hydrogen) atoms. The maximum Gasteiger partial charge on any atom is 0.222 e. The third kappa shape index (κ3) is 4.88. The average Bonchev–Trinajstić information content (AvgIpc) is 1.84. The number of rotatable bonds is 4. The normalized spacial score (nSPS) is 12.6. The van der Waals surface area contributed by atoms with Crippen molar-refractivity contribution in [1.29, 1.82) is 0 Å². The van der Waals surface area contributed by atoms with E-state index in [1.54, 1.807) is 6.92 Å². The fourth-order valence-corrected chi connectivity index (χ4v) is 2.98. The smallest absolute Gasteiger partial charge is 0.213 e. The summed E-state index contributed by atoms with van der Waals surface area (Å²) in [6.45, 7) is 3.65. The fourth-order valence-electron chi connectivity index (χ4n) is 0.405. The van der Waals surface area contributed by atoms with Crippen LogP contribution in [0.4, 0.5) is 0 Å². The van der Waals surface area contributed by atoms with Gasteiger partial charge < -0.3 is 0 Å². The van der Waals surface area contributed by atoms with Gasteiger partial charge in [0.2, 0.25) is 8.87 Å². The van der Waals surface area contributed by atoms with Gasteiger partial charge in [0.15, 0.2) is 0 Å². The van der Waals surface area contributed by atoms with E-state index < -0.39 is 8.87 Å². The Morgan fingerprint density at radius 3 is 2.50 bits per heavy atom. The van der Waals surface area contributed by atoms with Gasteiger partial charge in [-0.3, -0.25) is 0 Å². The Bertz CT molecular complexity index is 192. The van der Waals surface area contributed by atoms with Gasteiger partial charge in [0, 0.05) is 11.2 Å². The molecule has 0 N–H and O–H groups in total. The summed E-state index contributed by atoms with van der Waals surface area (Å²) < 4.78 is 21.7. The molecule has 0 atom stereocenters. The van der Waals surface area contributed by atoms with Crippen LogP contribution in [0.25, 0.3) is 0 Å². The van der Waals surface area contributed by atoms with Crippen molar-refractivity contribution >= 4 is 19.7 Å². The minimum Gasteiger partial charge on any atom is -0.213 e. The molecule has 0 saturated carbocycles. The Morgan fingerprint density at radius 1 is 1.50 bits per heavy atom. The fraction of sp³-hybridized carbons (Fsp3) is 0.667. The lowest BCUT2D eigenvalue weighted by Gasteiger charge is -1.93. The Kier molecular flexibility index (Phi) is 4.81. The molecule has 0 fully saturated rings. The second-order valence-corrected chi connectivity index (χ2v) is 5.79. The minimum absolute atomic E-state index is 0.673.